The summed E-state index contributed by atoms with van der Waals surface area (Å²) >= 11 is 0. The molecule has 1 saturated heterocycles. The Morgan fingerprint density at radius 2 is 2.00 bits per heavy atom. The van der Waals surface area contributed by atoms with Crippen LogP contribution in [0.5, 0.6) is 0 Å². The highest BCUT2D eigenvalue weighted by Crippen LogP contribution is 2.22. The van der Waals surface area contributed by atoms with Gasteiger partial charge in [-0.2, -0.15) is 4.31 Å². The Morgan fingerprint density at radius 3 is 2.67 bits per heavy atom. The van der Waals surface area contributed by atoms with E-state index in [0.29, 0.717) is 5.75 Å². The van der Waals surface area contributed by atoms with E-state index < -0.39 is 10.0 Å². The Kier molecular flexibility index (Phi) is 7.19. The zero-order valence-corrected chi connectivity index (χ0v) is 12.6. The van der Waals surface area contributed by atoms with E-state index in [-0.39, 0.29) is 6.04 Å². The maximum absolute atomic E-state index is 12.4. The Balaban J connectivity index is 2.56. The second-order valence-electron chi connectivity index (χ2n) is 5.15. The van der Waals surface area contributed by atoms with Gasteiger partial charge in [-0.05, 0) is 45.7 Å². The highest BCUT2D eigenvalue weighted by atomic mass is 32.2. The summed E-state index contributed by atoms with van der Waals surface area (Å²) in [4.78, 5) is 0. The molecule has 0 bridgehead atoms. The number of hydrogen-bond donors (Lipinski definition) is 1. The number of unbranched alkanes of at least 4 members (excludes halogenated alkanes) is 1. The van der Waals surface area contributed by atoms with Crippen LogP contribution in [-0.4, -0.2) is 44.7 Å². The molecule has 0 amide bonds. The third-order valence-electron chi connectivity index (χ3n) is 3.73. The van der Waals surface area contributed by atoms with Crippen molar-refractivity contribution in [2.24, 2.45) is 0 Å². The van der Waals surface area contributed by atoms with Gasteiger partial charge < -0.3 is 5.32 Å². The third kappa shape index (κ3) is 4.86. The van der Waals surface area contributed by atoms with Crippen LogP contribution in [0.3, 0.4) is 0 Å². The Bertz CT molecular complexity index is 317. The third-order valence-corrected chi connectivity index (χ3v) is 5.73. The first-order valence-electron chi connectivity index (χ1n) is 7.26. The standard InChI is InChI=1S/C13H28N2O2S/c1-3-13-9-5-4-7-11-15(13)18(16,17)12-8-6-10-14-2/h13-14H,3-12H2,1-2H3. The van der Waals surface area contributed by atoms with Crippen molar-refractivity contribution in [2.45, 2.75) is 57.9 Å². The van der Waals surface area contributed by atoms with Gasteiger partial charge in [0.2, 0.25) is 10.0 Å². The van der Waals surface area contributed by atoms with E-state index in [2.05, 4.69) is 12.2 Å². The lowest BCUT2D eigenvalue weighted by Gasteiger charge is -2.28. The van der Waals surface area contributed by atoms with Crippen molar-refractivity contribution >= 4 is 10.0 Å². The summed E-state index contributed by atoms with van der Waals surface area (Å²) in [5.41, 5.74) is 0. The van der Waals surface area contributed by atoms with Crippen LogP contribution in [0.25, 0.3) is 0 Å². The first-order chi connectivity index (χ1) is 8.61. The number of nitrogens with zero attached hydrogens (tertiary/aromatic N) is 1. The lowest BCUT2D eigenvalue weighted by Crippen LogP contribution is -2.41. The summed E-state index contributed by atoms with van der Waals surface area (Å²) in [6.07, 6.45) is 7.03. The molecule has 0 spiro atoms. The number of nitrogens with one attached hydrogen (secondary N) is 1. The van der Waals surface area contributed by atoms with E-state index >= 15 is 0 Å². The zero-order valence-electron chi connectivity index (χ0n) is 11.8. The van der Waals surface area contributed by atoms with E-state index in [0.717, 1.165) is 45.2 Å². The van der Waals surface area contributed by atoms with Crippen molar-refractivity contribution in [3.8, 4) is 0 Å². The Labute approximate surface area is 112 Å². The second kappa shape index (κ2) is 8.12. The van der Waals surface area contributed by atoms with Gasteiger partial charge in [0.1, 0.15) is 0 Å². The molecule has 5 heteroatoms. The molecule has 1 heterocycles. The van der Waals surface area contributed by atoms with Gasteiger partial charge in [0.05, 0.1) is 5.75 Å². The predicted molar refractivity (Wildman–Crippen MR) is 76.2 cm³/mol. The van der Waals surface area contributed by atoms with Crippen molar-refractivity contribution < 1.29 is 8.42 Å². The molecule has 0 radical (unpaired) electrons. The van der Waals surface area contributed by atoms with Crippen LogP contribution in [-0.2, 0) is 10.0 Å². The van der Waals surface area contributed by atoms with Crippen molar-refractivity contribution in [3.05, 3.63) is 0 Å². The van der Waals surface area contributed by atoms with Crippen LogP contribution < -0.4 is 5.32 Å². The molecule has 1 rings (SSSR count). The van der Waals surface area contributed by atoms with Crippen LogP contribution >= 0.6 is 0 Å². The highest BCUT2D eigenvalue weighted by Gasteiger charge is 2.29. The summed E-state index contributed by atoms with van der Waals surface area (Å²) in [7, 11) is -1.14. The van der Waals surface area contributed by atoms with Crippen LogP contribution in [0.15, 0.2) is 0 Å². The van der Waals surface area contributed by atoms with Crippen LogP contribution in [0, 0.1) is 0 Å². The van der Waals surface area contributed by atoms with Crippen molar-refractivity contribution in [3.63, 3.8) is 0 Å². The van der Waals surface area contributed by atoms with Crippen molar-refractivity contribution in [2.75, 3.05) is 25.9 Å². The monoisotopic (exact) mass is 276 g/mol. The van der Waals surface area contributed by atoms with Crippen LogP contribution in [0.2, 0.25) is 0 Å². The van der Waals surface area contributed by atoms with Crippen molar-refractivity contribution in [1.29, 1.82) is 0 Å². The van der Waals surface area contributed by atoms with E-state index in [1.54, 1.807) is 4.31 Å². The average Bonchev–Trinajstić information content (AvgIpc) is 2.60. The molecule has 0 aromatic heterocycles. The highest BCUT2D eigenvalue weighted by molar-refractivity contribution is 7.89. The van der Waals surface area contributed by atoms with Crippen LogP contribution in [0.1, 0.15) is 51.9 Å². The largest absolute Gasteiger partial charge is 0.320 e. The first-order valence-corrected chi connectivity index (χ1v) is 8.87. The maximum atomic E-state index is 12.4. The maximum Gasteiger partial charge on any atom is 0.214 e. The Morgan fingerprint density at radius 1 is 1.22 bits per heavy atom. The second-order valence-corrected chi connectivity index (χ2v) is 7.19. The molecule has 1 atom stereocenters. The average molecular weight is 276 g/mol. The lowest BCUT2D eigenvalue weighted by atomic mass is 10.1. The number of rotatable bonds is 7. The molecular formula is C13H28N2O2S. The molecule has 0 aliphatic carbocycles. The SMILES string of the molecule is CCC1CCCCCN1S(=O)(=O)CCCCNC. The molecule has 18 heavy (non-hydrogen) atoms. The van der Waals surface area contributed by atoms with Crippen molar-refractivity contribution in [1.82, 2.24) is 9.62 Å². The molecule has 0 aromatic rings. The van der Waals surface area contributed by atoms with Gasteiger partial charge in [-0.15, -0.1) is 0 Å². The zero-order chi connectivity index (χ0) is 13.4. The van der Waals surface area contributed by atoms with E-state index in [1.165, 1.54) is 12.8 Å². The predicted octanol–water partition coefficient (Wildman–Crippen LogP) is 1.97. The van der Waals surface area contributed by atoms with Gasteiger partial charge in [-0.3, -0.25) is 0 Å². The fraction of sp³-hybridized carbons (Fsp3) is 1.00. The van der Waals surface area contributed by atoms with Gasteiger partial charge >= 0.3 is 0 Å². The normalized spacial score (nSPS) is 22.9. The van der Waals surface area contributed by atoms with Gasteiger partial charge in [-0.1, -0.05) is 19.8 Å². The molecule has 0 aromatic carbocycles. The molecule has 1 unspecified atom stereocenters. The van der Waals surface area contributed by atoms with E-state index in [9.17, 15) is 8.42 Å². The minimum Gasteiger partial charge on any atom is -0.320 e. The molecular weight excluding hydrogens is 248 g/mol. The summed E-state index contributed by atoms with van der Waals surface area (Å²) in [5.74, 6) is 0.311. The molecule has 1 N–H and O–H groups in total. The summed E-state index contributed by atoms with van der Waals surface area (Å²) in [5, 5.41) is 3.06. The van der Waals surface area contributed by atoms with Gasteiger partial charge in [-0.25, -0.2) is 8.42 Å². The smallest absolute Gasteiger partial charge is 0.214 e. The van der Waals surface area contributed by atoms with Gasteiger partial charge in [0.15, 0.2) is 0 Å². The van der Waals surface area contributed by atoms with Crippen LogP contribution in [0.4, 0.5) is 0 Å². The molecule has 108 valence electrons. The Hall–Kier alpha value is -0.130. The summed E-state index contributed by atoms with van der Waals surface area (Å²) < 4.78 is 26.5. The van der Waals surface area contributed by atoms with Gasteiger partial charge in [0, 0.05) is 12.6 Å². The fourth-order valence-corrected chi connectivity index (χ4v) is 4.55. The molecule has 4 nitrogen and oxygen atoms in total. The van der Waals surface area contributed by atoms with E-state index in [4.69, 9.17) is 0 Å². The number of hydrogen-bond acceptors (Lipinski definition) is 3. The molecule has 1 aliphatic heterocycles. The van der Waals surface area contributed by atoms with E-state index in [1.807, 2.05) is 7.05 Å². The van der Waals surface area contributed by atoms with Gasteiger partial charge in [0.25, 0.3) is 0 Å². The molecule has 0 saturated carbocycles. The number of sulfonamides is 1. The summed E-state index contributed by atoms with van der Waals surface area (Å²) in [6.45, 7) is 3.72. The quantitative estimate of drug-likeness (QED) is 0.723. The fourth-order valence-electron chi connectivity index (χ4n) is 2.63. The molecule has 1 fully saturated rings. The summed E-state index contributed by atoms with van der Waals surface area (Å²) in [6, 6.07) is 0.238. The first kappa shape index (κ1) is 15.9. The minimum absolute atomic E-state index is 0.238. The molecule has 1 aliphatic rings. The lowest BCUT2D eigenvalue weighted by molar-refractivity contribution is 0.314. The topological polar surface area (TPSA) is 49.4 Å². The minimum atomic E-state index is -3.04.